The van der Waals surface area contributed by atoms with E-state index in [0.717, 1.165) is 16.8 Å². The Labute approximate surface area is 156 Å². The minimum absolute atomic E-state index is 0.00182. The third kappa shape index (κ3) is 4.30. The van der Waals surface area contributed by atoms with Gasteiger partial charge in [-0.25, -0.2) is 9.67 Å². The summed E-state index contributed by atoms with van der Waals surface area (Å²) >= 11 is 12.1. The molecule has 0 aliphatic heterocycles. The number of aliphatic imine (C=N–C) groups is 1. The molecule has 0 aliphatic rings. The van der Waals surface area contributed by atoms with Gasteiger partial charge < -0.3 is 15.4 Å². The number of hydrogen-bond acceptors (Lipinski definition) is 5. The highest BCUT2D eigenvalue weighted by molar-refractivity contribution is 6.38. The largest absolute Gasteiger partial charge is 0.573 e. The number of anilines is 1. The minimum Gasteiger partial charge on any atom is -0.406 e. The number of hydrogen-bond donors (Lipinski definition) is 1. The van der Waals surface area contributed by atoms with Gasteiger partial charge in [-0.1, -0.05) is 23.2 Å². The van der Waals surface area contributed by atoms with Crippen LogP contribution in [-0.4, -0.2) is 41.5 Å². The van der Waals surface area contributed by atoms with Crippen molar-refractivity contribution >= 4 is 41.0 Å². The van der Waals surface area contributed by atoms with E-state index in [-0.39, 0.29) is 32.9 Å². The normalized spacial score (nSPS) is 11.6. The van der Waals surface area contributed by atoms with Crippen molar-refractivity contribution in [3.8, 4) is 17.5 Å². The molecule has 7 nitrogen and oxygen atoms in total. The fourth-order valence-corrected chi connectivity index (χ4v) is 2.52. The van der Waals surface area contributed by atoms with E-state index in [1.165, 1.54) is 6.34 Å². The van der Waals surface area contributed by atoms with Crippen LogP contribution in [0, 0.1) is 11.3 Å². The van der Waals surface area contributed by atoms with E-state index in [0.29, 0.717) is 0 Å². The quantitative estimate of drug-likeness (QED) is 0.616. The molecule has 2 rings (SSSR count). The second-order valence-corrected chi connectivity index (χ2v) is 5.92. The number of aromatic nitrogens is 2. The van der Waals surface area contributed by atoms with Gasteiger partial charge in [0.15, 0.2) is 11.5 Å². The second kappa shape index (κ2) is 7.31. The molecule has 138 valence electrons. The van der Waals surface area contributed by atoms with Gasteiger partial charge in [-0.2, -0.15) is 10.4 Å². The lowest BCUT2D eigenvalue weighted by Gasteiger charge is -2.13. The molecule has 0 radical (unpaired) electrons. The maximum atomic E-state index is 12.4. The Hall–Kier alpha value is -2.64. The average Bonchev–Trinajstić information content (AvgIpc) is 2.78. The second-order valence-electron chi connectivity index (χ2n) is 5.10. The van der Waals surface area contributed by atoms with Crippen molar-refractivity contribution in [2.24, 2.45) is 4.99 Å². The van der Waals surface area contributed by atoms with Crippen LogP contribution in [0.5, 0.6) is 5.75 Å². The minimum atomic E-state index is -4.90. The van der Waals surface area contributed by atoms with Crippen LogP contribution in [0.4, 0.5) is 24.7 Å². The molecular formula is C14H11Cl2F3N6O. The number of ether oxygens (including phenoxy) is 1. The van der Waals surface area contributed by atoms with Gasteiger partial charge in [0.25, 0.3) is 0 Å². The number of nitrogens with zero attached hydrogens (tertiary/aromatic N) is 5. The van der Waals surface area contributed by atoms with Crippen LogP contribution in [-0.2, 0) is 0 Å². The van der Waals surface area contributed by atoms with Crippen molar-refractivity contribution in [1.29, 1.82) is 5.26 Å². The molecule has 0 amide bonds. The first-order valence-corrected chi connectivity index (χ1v) is 7.53. The van der Waals surface area contributed by atoms with Crippen molar-refractivity contribution in [2.45, 2.75) is 6.36 Å². The van der Waals surface area contributed by atoms with Gasteiger partial charge in [0.05, 0.1) is 16.4 Å². The van der Waals surface area contributed by atoms with Crippen molar-refractivity contribution < 1.29 is 17.9 Å². The zero-order valence-corrected chi connectivity index (χ0v) is 14.9. The molecule has 2 N–H and O–H groups in total. The summed E-state index contributed by atoms with van der Waals surface area (Å²) in [6.07, 6.45) is -3.51. The highest BCUT2D eigenvalue weighted by Crippen LogP contribution is 2.39. The SMILES string of the molecule is CN(C)/C=N\c1c(N)c(C#N)nn1-c1c(Cl)cc(OC(F)(F)F)cc1Cl. The van der Waals surface area contributed by atoms with E-state index in [1.54, 1.807) is 25.1 Å². The first-order valence-electron chi connectivity index (χ1n) is 6.78. The number of nitrogens with two attached hydrogens (primary N) is 1. The number of nitrogen functional groups attached to an aromatic ring is 1. The highest BCUT2D eigenvalue weighted by Gasteiger charge is 2.32. The van der Waals surface area contributed by atoms with Crippen molar-refractivity contribution in [1.82, 2.24) is 14.7 Å². The molecule has 0 aliphatic carbocycles. The summed E-state index contributed by atoms with van der Waals surface area (Å²) in [5, 5.41) is 12.7. The van der Waals surface area contributed by atoms with Gasteiger partial charge in [0.1, 0.15) is 23.2 Å². The third-order valence-electron chi connectivity index (χ3n) is 2.85. The molecule has 0 unspecified atom stereocenters. The first-order chi connectivity index (χ1) is 12.0. The molecule has 1 aromatic heterocycles. The molecular weight excluding hydrogens is 396 g/mol. The summed E-state index contributed by atoms with van der Waals surface area (Å²) in [6, 6.07) is 3.62. The van der Waals surface area contributed by atoms with Crippen LogP contribution in [0.3, 0.4) is 0 Å². The Morgan fingerprint density at radius 3 is 2.38 bits per heavy atom. The number of nitriles is 1. The number of benzene rings is 1. The monoisotopic (exact) mass is 406 g/mol. The third-order valence-corrected chi connectivity index (χ3v) is 3.43. The fourth-order valence-electron chi connectivity index (χ4n) is 1.89. The molecule has 0 atom stereocenters. The standard InChI is InChI=1S/C14H11Cl2F3N6O/c1-24(2)6-22-13-11(21)10(5-20)23-25(13)12-8(15)3-7(4-9(12)16)26-14(17,18)19/h3-4,6H,21H2,1-2H3/b22-6-. The molecule has 0 bridgehead atoms. The average molecular weight is 407 g/mol. The topological polar surface area (TPSA) is 92.5 Å². The Balaban J connectivity index is 2.63. The van der Waals surface area contributed by atoms with E-state index in [1.807, 2.05) is 0 Å². The van der Waals surface area contributed by atoms with Gasteiger partial charge in [-0.15, -0.1) is 13.2 Å². The zero-order chi connectivity index (χ0) is 19.6. The van der Waals surface area contributed by atoms with Gasteiger partial charge in [-0.3, -0.25) is 0 Å². The Morgan fingerprint density at radius 2 is 1.92 bits per heavy atom. The predicted octanol–water partition coefficient (Wildman–Crippen LogP) is 3.75. The lowest BCUT2D eigenvalue weighted by atomic mass is 10.3. The van der Waals surface area contributed by atoms with Crippen LogP contribution in [0.15, 0.2) is 17.1 Å². The number of halogens is 5. The lowest BCUT2D eigenvalue weighted by Crippen LogP contribution is -2.17. The predicted molar refractivity (Wildman–Crippen MR) is 91.2 cm³/mol. The Morgan fingerprint density at radius 1 is 1.35 bits per heavy atom. The Kier molecular flexibility index (Phi) is 5.53. The van der Waals surface area contributed by atoms with Crippen molar-refractivity contribution in [3.63, 3.8) is 0 Å². The van der Waals surface area contributed by atoms with Crippen molar-refractivity contribution in [3.05, 3.63) is 27.9 Å². The smallest absolute Gasteiger partial charge is 0.406 e. The van der Waals surface area contributed by atoms with Gasteiger partial charge in [-0.05, 0) is 0 Å². The fraction of sp³-hybridized carbons (Fsp3) is 0.214. The first kappa shape index (κ1) is 19.7. The summed E-state index contributed by atoms with van der Waals surface area (Å²) in [4.78, 5) is 5.71. The van der Waals surface area contributed by atoms with E-state index in [9.17, 15) is 13.2 Å². The van der Waals surface area contributed by atoms with Crippen LogP contribution in [0.1, 0.15) is 5.69 Å². The molecule has 2 aromatic rings. The molecule has 26 heavy (non-hydrogen) atoms. The summed E-state index contributed by atoms with van der Waals surface area (Å²) < 4.78 is 42.0. The van der Waals surface area contributed by atoms with E-state index in [4.69, 9.17) is 34.2 Å². The number of rotatable bonds is 4. The zero-order valence-electron chi connectivity index (χ0n) is 13.3. The van der Waals surface area contributed by atoms with Crippen LogP contribution >= 0.6 is 23.2 Å². The van der Waals surface area contributed by atoms with E-state index in [2.05, 4.69) is 14.8 Å². The molecule has 1 heterocycles. The molecule has 0 saturated carbocycles. The van der Waals surface area contributed by atoms with Gasteiger partial charge in [0, 0.05) is 26.2 Å². The van der Waals surface area contributed by atoms with Gasteiger partial charge >= 0.3 is 6.36 Å². The number of alkyl halides is 3. The Bertz CT molecular complexity index is 878. The van der Waals surface area contributed by atoms with Crippen LogP contribution in [0.2, 0.25) is 10.0 Å². The van der Waals surface area contributed by atoms with Crippen LogP contribution in [0.25, 0.3) is 5.69 Å². The summed E-state index contributed by atoms with van der Waals surface area (Å²) in [5.41, 5.74) is 5.68. The molecule has 1 aromatic carbocycles. The summed E-state index contributed by atoms with van der Waals surface area (Å²) in [6.45, 7) is 0. The lowest BCUT2D eigenvalue weighted by molar-refractivity contribution is -0.274. The van der Waals surface area contributed by atoms with Crippen molar-refractivity contribution in [2.75, 3.05) is 19.8 Å². The maximum absolute atomic E-state index is 12.4. The summed E-state index contributed by atoms with van der Waals surface area (Å²) in [7, 11) is 3.41. The molecule has 0 fully saturated rings. The molecule has 0 spiro atoms. The highest BCUT2D eigenvalue weighted by atomic mass is 35.5. The molecule has 12 heteroatoms. The van der Waals surface area contributed by atoms with E-state index >= 15 is 0 Å². The maximum Gasteiger partial charge on any atom is 0.573 e. The van der Waals surface area contributed by atoms with E-state index < -0.39 is 12.1 Å². The van der Waals surface area contributed by atoms with Gasteiger partial charge in [0.2, 0.25) is 0 Å². The molecule has 0 saturated heterocycles. The van der Waals surface area contributed by atoms with Crippen LogP contribution < -0.4 is 10.5 Å². The summed E-state index contributed by atoms with van der Waals surface area (Å²) in [5.74, 6) is -0.557.